The van der Waals surface area contributed by atoms with Gasteiger partial charge in [-0.2, -0.15) is 0 Å². The molecule has 2 bridgehead atoms. The lowest BCUT2D eigenvalue weighted by atomic mass is 10.0. The van der Waals surface area contributed by atoms with Crippen LogP contribution in [0.1, 0.15) is 12.0 Å². The fourth-order valence-electron chi connectivity index (χ4n) is 2.47. The van der Waals surface area contributed by atoms with Crippen molar-refractivity contribution in [2.24, 2.45) is 10.9 Å². The number of nitrogens with zero attached hydrogens (tertiary/aromatic N) is 3. The summed E-state index contributed by atoms with van der Waals surface area (Å²) in [6.45, 7) is 4.42. The van der Waals surface area contributed by atoms with Crippen molar-refractivity contribution >= 4 is 5.71 Å². The summed E-state index contributed by atoms with van der Waals surface area (Å²) in [6.07, 6.45) is 5.02. The molecule has 0 spiro atoms. The fourth-order valence-corrected chi connectivity index (χ4v) is 2.47. The predicted molar refractivity (Wildman–Crippen MR) is 59.9 cm³/mol. The molecular weight excluding hydrogens is 186 g/mol. The lowest BCUT2D eigenvalue weighted by molar-refractivity contribution is 0.403. The fraction of sp³-hybridized carbons (Fsp3) is 0.500. The van der Waals surface area contributed by atoms with Gasteiger partial charge in [0.2, 0.25) is 0 Å². The summed E-state index contributed by atoms with van der Waals surface area (Å²) < 4.78 is 0. The Balaban J connectivity index is 1.69. The van der Waals surface area contributed by atoms with E-state index >= 15 is 0 Å². The Morgan fingerprint density at radius 1 is 1.53 bits per heavy atom. The summed E-state index contributed by atoms with van der Waals surface area (Å²) in [6, 6.07) is 4.06. The topological polar surface area (TPSA) is 28.5 Å². The standard InChI is InChI=1S/C12H15N3/c1-2-10(6-13-4-1)7-14-12-9-15-5-3-11(12)8-15/h1-2,4,6,11H,3,5,7-9H2. The molecule has 0 aromatic carbocycles. The van der Waals surface area contributed by atoms with Crippen molar-refractivity contribution in [3.8, 4) is 0 Å². The van der Waals surface area contributed by atoms with Crippen LogP contribution in [0.5, 0.6) is 0 Å². The van der Waals surface area contributed by atoms with E-state index in [-0.39, 0.29) is 0 Å². The zero-order valence-corrected chi connectivity index (χ0v) is 8.76. The van der Waals surface area contributed by atoms with Crippen molar-refractivity contribution in [3.05, 3.63) is 30.1 Å². The summed E-state index contributed by atoms with van der Waals surface area (Å²) >= 11 is 0. The van der Waals surface area contributed by atoms with Crippen molar-refractivity contribution in [3.63, 3.8) is 0 Å². The van der Waals surface area contributed by atoms with Gasteiger partial charge in [-0.1, -0.05) is 6.07 Å². The van der Waals surface area contributed by atoms with Crippen molar-refractivity contribution in [2.45, 2.75) is 13.0 Å². The van der Waals surface area contributed by atoms with Crippen LogP contribution in [0.2, 0.25) is 0 Å². The van der Waals surface area contributed by atoms with E-state index < -0.39 is 0 Å². The van der Waals surface area contributed by atoms with Gasteiger partial charge in [-0.15, -0.1) is 0 Å². The Bertz CT molecular complexity index is 372. The van der Waals surface area contributed by atoms with E-state index in [4.69, 9.17) is 4.99 Å². The Morgan fingerprint density at radius 2 is 2.53 bits per heavy atom. The molecule has 1 aromatic rings. The van der Waals surface area contributed by atoms with E-state index in [9.17, 15) is 0 Å². The molecule has 2 aliphatic rings. The molecule has 15 heavy (non-hydrogen) atoms. The summed E-state index contributed by atoms with van der Waals surface area (Å²) in [4.78, 5) is 11.3. The van der Waals surface area contributed by atoms with E-state index in [1.54, 1.807) is 6.20 Å². The molecule has 2 aliphatic heterocycles. The molecule has 0 amide bonds. The molecule has 78 valence electrons. The first-order valence-electron chi connectivity index (χ1n) is 5.56. The Labute approximate surface area is 89.8 Å². The number of fused-ring (bicyclic) bond motifs is 2. The molecule has 1 aromatic heterocycles. The smallest absolute Gasteiger partial charge is 0.0654 e. The largest absolute Gasteiger partial charge is 0.297 e. The maximum absolute atomic E-state index is 4.71. The summed E-state index contributed by atoms with van der Waals surface area (Å²) in [5, 5.41) is 0. The van der Waals surface area contributed by atoms with E-state index in [0.29, 0.717) is 0 Å². The Hall–Kier alpha value is -1.22. The molecule has 2 atom stereocenters. The van der Waals surface area contributed by atoms with Crippen LogP contribution in [0.3, 0.4) is 0 Å². The van der Waals surface area contributed by atoms with Crippen molar-refractivity contribution in [2.75, 3.05) is 19.6 Å². The second kappa shape index (κ2) is 3.74. The van der Waals surface area contributed by atoms with Gasteiger partial charge in [0.1, 0.15) is 0 Å². The van der Waals surface area contributed by atoms with Crippen LogP contribution in [0.4, 0.5) is 0 Å². The van der Waals surface area contributed by atoms with E-state index in [0.717, 1.165) is 19.0 Å². The molecule has 3 rings (SSSR count). The van der Waals surface area contributed by atoms with Gasteiger partial charge in [0.05, 0.1) is 6.54 Å². The highest BCUT2D eigenvalue weighted by Crippen LogP contribution is 2.25. The molecule has 0 aliphatic carbocycles. The lowest BCUT2D eigenvalue weighted by Gasteiger charge is -2.13. The normalized spacial score (nSPS) is 31.3. The van der Waals surface area contributed by atoms with Gasteiger partial charge in [0, 0.05) is 37.1 Å². The van der Waals surface area contributed by atoms with Gasteiger partial charge in [-0.25, -0.2) is 0 Å². The highest BCUT2D eigenvalue weighted by atomic mass is 15.2. The molecule has 3 nitrogen and oxygen atoms in total. The number of aliphatic imine (C=N–C) groups is 1. The van der Waals surface area contributed by atoms with Crippen molar-refractivity contribution in [1.29, 1.82) is 0 Å². The van der Waals surface area contributed by atoms with Crippen LogP contribution < -0.4 is 0 Å². The van der Waals surface area contributed by atoms with E-state index in [2.05, 4.69) is 16.0 Å². The zero-order chi connectivity index (χ0) is 10.1. The van der Waals surface area contributed by atoms with Crippen molar-refractivity contribution < 1.29 is 0 Å². The number of rotatable bonds is 2. The van der Waals surface area contributed by atoms with Crippen LogP contribution in [0.15, 0.2) is 29.5 Å². The van der Waals surface area contributed by atoms with Crippen LogP contribution in [-0.4, -0.2) is 35.2 Å². The third kappa shape index (κ3) is 1.79. The maximum Gasteiger partial charge on any atom is 0.0654 e. The maximum atomic E-state index is 4.71. The molecule has 2 fully saturated rings. The number of pyridine rings is 1. The van der Waals surface area contributed by atoms with E-state index in [1.807, 2.05) is 12.3 Å². The summed E-state index contributed by atoms with van der Waals surface area (Å²) in [5.74, 6) is 0.752. The number of aromatic nitrogens is 1. The van der Waals surface area contributed by atoms with Gasteiger partial charge in [-0.3, -0.25) is 14.9 Å². The second-order valence-corrected chi connectivity index (χ2v) is 4.39. The average molecular weight is 201 g/mol. The minimum Gasteiger partial charge on any atom is -0.297 e. The minimum atomic E-state index is 0.752. The van der Waals surface area contributed by atoms with Crippen molar-refractivity contribution in [1.82, 2.24) is 9.88 Å². The zero-order valence-electron chi connectivity index (χ0n) is 8.76. The first kappa shape index (κ1) is 9.04. The number of hydrogen-bond donors (Lipinski definition) is 0. The molecule has 2 saturated heterocycles. The van der Waals surface area contributed by atoms with Crippen LogP contribution in [0, 0.1) is 5.92 Å². The molecule has 3 heteroatoms. The van der Waals surface area contributed by atoms with Gasteiger partial charge >= 0.3 is 0 Å². The third-order valence-corrected chi connectivity index (χ3v) is 3.32. The van der Waals surface area contributed by atoms with Crippen LogP contribution in [-0.2, 0) is 6.54 Å². The SMILES string of the molecule is c1cncc(CN=C2CN3CCC2C3)c1. The highest BCUT2D eigenvalue weighted by molar-refractivity contribution is 5.91. The molecule has 2 unspecified atom stereocenters. The lowest BCUT2D eigenvalue weighted by Crippen LogP contribution is -2.23. The first-order valence-corrected chi connectivity index (χ1v) is 5.56. The predicted octanol–water partition coefficient (Wildman–Crippen LogP) is 1.36. The van der Waals surface area contributed by atoms with Gasteiger partial charge in [0.15, 0.2) is 0 Å². The number of piperidine rings is 1. The second-order valence-electron chi connectivity index (χ2n) is 4.39. The Morgan fingerprint density at radius 3 is 3.20 bits per heavy atom. The third-order valence-electron chi connectivity index (χ3n) is 3.32. The van der Waals surface area contributed by atoms with Crippen LogP contribution >= 0.6 is 0 Å². The first-order chi connectivity index (χ1) is 7.42. The van der Waals surface area contributed by atoms with Gasteiger partial charge in [-0.05, 0) is 24.6 Å². The molecule has 0 radical (unpaired) electrons. The monoisotopic (exact) mass is 201 g/mol. The quantitative estimate of drug-likeness (QED) is 0.722. The van der Waals surface area contributed by atoms with Gasteiger partial charge in [0.25, 0.3) is 0 Å². The minimum absolute atomic E-state index is 0.752. The molecule has 0 N–H and O–H groups in total. The molecule has 0 saturated carbocycles. The molecule has 3 heterocycles. The Kier molecular flexibility index (Phi) is 2.25. The van der Waals surface area contributed by atoms with E-state index in [1.165, 1.54) is 30.8 Å². The average Bonchev–Trinajstić information content (AvgIpc) is 2.89. The highest BCUT2D eigenvalue weighted by Gasteiger charge is 2.34. The summed E-state index contributed by atoms with van der Waals surface area (Å²) in [5.41, 5.74) is 2.62. The summed E-state index contributed by atoms with van der Waals surface area (Å²) in [7, 11) is 0. The van der Waals surface area contributed by atoms with Crippen LogP contribution in [0.25, 0.3) is 0 Å². The molecular formula is C12H15N3. The number of hydrogen-bond acceptors (Lipinski definition) is 3. The van der Waals surface area contributed by atoms with Gasteiger partial charge < -0.3 is 0 Å².